The summed E-state index contributed by atoms with van der Waals surface area (Å²) < 4.78 is 0. The second-order valence-corrected chi connectivity index (χ2v) is 5.41. The number of nitrogens with one attached hydrogen (secondary N) is 1. The van der Waals surface area contributed by atoms with Gasteiger partial charge in [0.2, 0.25) is 0 Å². The monoisotopic (exact) mass is 254 g/mol. The van der Waals surface area contributed by atoms with Gasteiger partial charge in [0.05, 0.1) is 0 Å². The van der Waals surface area contributed by atoms with Crippen LogP contribution in [0.1, 0.15) is 45.4 Å². The summed E-state index contributed by atoms with van der Waals surface area (Å²) in [5, 5.41) is 12.2. The van der Waals surface area contributed by atoms with Crippen molar-refractivity contribution in [2.45, 2.75) is 51.0 Å². The van der Waals surface area contributed by atoms with Gasteiger partial charge in [-0.1, -0.05) is 19.8 Å². The summed E-state index contributed by atoms with van der Waals surface area (Å²) in [7, 11) is 0. The minimum absolute atomic E-state index is 0.211. The first-order valence-corrected chi connectivity index (χ1v) is 6.89. The molecule has 2 amide bonds. The van der Waals surface area contributed by atoms with Crippen LogP contribution >= 0.6 is 0 Å². The SMILES string of the molecule is CCC1(C(=O)O)CCCN1C(=O)NCCC1CC1. The van der Waals surface area contributed by atoms with E-state index in [2.05, 4.69) is 5.32 Å². The van der Waals surface area contributed by atoms with E-state index in [-0.39, 0.29) is 6.03 Å². The van der Waals surface area contributed by atoms with Gasteiger partial charge < -0.3 is 15.3 Å². The molecule has 2 fully saturated rings. The molecule has 102 valence electrons. The largest absolute Gasteiger partial charge is 0.479 e. The smallest absolute Gasteiger partial charge is 0.329 e. The van der Waals surface area contributed by atoms with Crippen LogP contribution in [0.25, 0.3) is 0 Å². The Hall–Kier alpha value is -1.26. The van der Waals surface area contributed by atoms with Gasteiger partial charge in [0.1, 0.15) is 5.54 Å². The predicted octanol–water partition coefficient (Wildman–Crippen LogP) is 1.83. The molecular weight excluding hydrogens is 232 g/mol. The molecule has 0 spiro atoms. The molecule has 1 atom stereocenters. The number of carboxylic acid groups (broad SMARTS) is 1. The topological polar surface area (TPSA) is 69.6 Å². The third kappa shape index (κ3) is 2.44. The van der Waals surface area contributed by atoms with Gasteiger partial charge in [0.25, 0.3) is 0 Å². The summed E-state index contributed by atoms with van der Waals surface area (Å²) in [4.78, 5) is 25.0. The van der Waals surface area contributed by atoms with Gasteiger partial charge in [-0.15, -0.1) is 0 Å². The highest BCUT2D eigenvalue weighted by Crippen LogP contribution is 2.33. The van der Waals surface area contributed by atoms with Crippen LogP contribution in [-0.2, 0) is 4.79 Å². The number of aliphatic carboxylic acids is 1. The molecule has 5 heteroatoms. The van der Waals surface area contributed by atoms with E-state index in [9.17, 15) is 14.7 Å². The highest BCUT2D eigenvalue weighted by atomic mass is 16.4. The fourth-order valence-corrected chi connectivity index (χ4v) is 2.80. The molecule has 1 saturated heterocycles. The number of urea groups is 1. The van der Waals surface area contributed by atoms with Crippen molar-refractivity contribution >= 4 is 12.0 Å². The Morgan fingerprint density at radius 1 is 1.44 bits per heavy atom. The van der Waals surface area contributed by atoms with Crippen LogP contribution in [-0.4, -0.2) is 40.6 Å². The number of hydrogen-bond acceptors (Lipinski definition) is 2. The molecule has 2 aliphatic rings. The summed E-state index contributed by atoms with van der Waals surface area (Å²) in [5.74, 6) is -0.0980. The van der Waals surface area contributed by atoms with E-state index < -0.39 is 11.5 Å². The molecule has 1 unspecified atom stereocenters. The van der Waals surface area contributed by atoms with Crippen molar-refractivity contribution in [1.29, 1.82) is 0 Å². The summed E-state index contributed by atoms with van der Waals surface area (Å²) in [6, 6.07) is -0.211. The lowest BCUT2D eigenvalue weighted by atomic mass is 9.93. The second kappa shape index (κ2) is 5.16. The maximum atomic E-state index is 12.1. The van der Waals surface area contributed by atoms with E-state index >= 15 is 0 Å². The number of carbonyl (C=O) groups is 2. The number of amides is 2. The number of hydrogen-bond donors (Lipinski definition) is 2. The molecular formula is C13H22N2O3. The molecule has 0 aromatic heterocycles. The van der Waals surface area contributed by atoms with Crippen molar-refractivity contribution in [3.63, 3.8) is 0 Å². The van der Waals surface area contributed by atoms with Gasteiger partial charge in [-0.2, -0.15) is 0 Å². The van der Waals surface area contributed by atoms with Crippen LogP contribution < -0.4 is 5.32 Å². The van der Waals surface area contributed by atoms with Crippen LogP contribution in [0.5, 0.6) is 0 Å². The highest BCUT2D eigenvalue weighted by molar-refractivity contribution is 5.87. The lowest BCUT2D eigenvalue weighted by Gasteiger charge is -2.33. The van der Waals surface area contributed by atoms with Gasteiger partial charge in [-0.3, -0.25) is 0 Å². The van der Waals surface area contributed by atoms with Crippen molar-refractivity contribution in [2.75, 3.05) is 13.1 Å². The Kier molecular flexibility index (Phi) is 3.78. The number of carboxylic acids is 1. The predicted molar refractivity (Wildman–Crippen MR) is 67.3 cm³/mol. The average molecular weight is 254 g/mol. The number of likely N-dealkylation sites (tertiary alicyclic amines) is 1. The van der Waals surface area contributed by atoms with E-state index in [1.807, 2.05) is 6.92 Å². The molecule has 2 rings (SSSR count). The quantitative estimate of drug-likeness (QED) is 0.786. The Balaban J connectivity index is 1.92. The van der Waals surface area contributed by atoms with Gasteiger partial charge in [-0.25, -0.2) is 9.59 Å². The first-order valence-electron chi connectivity index (χ1n) is 6.89. The first-order chi connectivity index (χ1) is 8.60. The maximum Gasteiger partial charge on any atom is 0.329 e. The number of nitrogens with zero attached hydrogens (tertiary/aromatic N) is 1. The molecule has 1 heterocycles. The summed E-state index contributed by atoms with van der Waals surface area (Å²) >= 11 is 0. The van der Waals surface area contributed by atoms with Gasteiger partial charge in [0, 0.05) is 13.1 Å². The molecule has 5 nitrogen and oxygen atoms in total. The van der Waals surface area contributed by atoms with Gasteiger partial charge in [0.15, 0.2) is 0 Å². The number of rotatable bonds is 5. The van der Waals surface area contributed by atoms with Crippen LogP contribution in [0.3, 0.4) is 0 Å². The van der Waals surface area contributed by atoms with Crippen molar-refractivity contribution in [2.24, 2.45) is 5.92 Å². The fraction of sp³-hybridized carbons (Fsp3) is 0.846. The zero-order chi connectivity index (χ0) is 13.2. The lowest BCUT2D eigenvalue weighted by Crippen LogP contribution is -2.55. The first kappa shape index (κ1) is 13.2. The van der Waals surface area contributed by atoms with E-state index in [1.54, 1.807) is 0 Å². The van der Waals surface area contributed by atoms with Crippen molar-refractivity contribution in [3.8, 4) is 0 Å². The van der Waals surface area contributed by atoms with Crippen LogP contribution in [0, 0.1) is 5.92 Å². The second-order valence-electron chi connectivity index (χ2n) is 5.41. The molecule has 0 aromatic rings. The molecule has 1 aliphatic heterocycles. The number of carbonyl (C=O) groups excluding carboxylic acids is 1. The van der Waals surface area contributed by atoms with E-state index in [0.29, 0.717) is 25.9 Å². The van der Waals surface area contributed by atoms with Crippen LogP contribution in [0.4, 0.5) is 4.79 Å². The van der Waals surface area contributed by atoms with Gasteiger partial charge in [-0.05, 0) is 31.6 Å². The lowest BCUT2D eigenvalue weighted by molar-refractivity contribution is -0.148. The van der Waals surface area contributed by atoms with E-state index in [0.717, 1.165) is 18.8 Å². The van der Waals surface area contributed by atoms with Crippen molar-refractivity contribution < 1.29 is 14.7 Å². The fourth-order valence-electron chi connectivity index (χ4n) is 2.80. The summed E-state index contributed by atoms with van der Waals surface area (Å²) in [6.45, 7) is 3.05. The molecule has 0 bridgehead atoms. The van der Waals surface area contributed by atoms with Crippen LogP contribution in [0.2, 0.25) is 0 Å². The minimum Gasteiger partial charge on any atom is -0.479 e. The summed E-state index contributed by atoms with van der Waals surface area (Å²) in [5.41, 5.74) is -0.982. The normalized spacial score (nSPS) is 27.3. The Bertz CT molecular complexity index is 341. The van der Waals surface area contributed by atoms with Crippen LogP contribution in [0.15, 0.2) is 0 Å². The molecule has 1 aliphatic carbocycles. The summed E-state index contributed by atoms with van der Waals surface area (Å²) in [6.07, 6.45) is 5.37. The molecule has 2 N–H and O–H groups in total. The molecule has 0 aromatic carbocycles. The Morgan fingerprint density at radius 3 is 2.72 bits per heavy atom. The van der Waals surface area contributed by atoms with Crippen molar-refractivity contribution in [3.05, 3.63) is 0 Å². The zero-order valence-electron chi connectivity index (χ0n) is 10.9. The third-order valence-corrected chi connectivity index (χ3v) is 4.24. The van der Waals surface area contributed by atoms with E-state index in [1.165, 1.54) is 17.7 Å². The van der Waals surface area contributed by atoms with Crippen molar-refractivity contribution in [1.82, 2.24) is 10.2 Å². The van der Waals surface area contributed by atoms with E-state index in [4.69, 9.17) is 0 Å². The third-order valence-electron chi connectivity index (χ3n) is 4.24. The molecule has 0 radical (unpaired) electrons. The molecule has 18 heavy (non-hydrogen) atoms. The molecule has 1 saturated carbocycles. The Morgan fingerprint density at radius 2 is 2.17 bits per heavy atom. The minimum atomic E-state index is -0.982. The maximum absolute atomic E-state index is 12.1. The standard InChI is InChI=1S/C13H22N2O3/c1-2-13(11(16)17)7-3-9-15(13)12(18)14-8-6-10-4-5-10/h10H,2-9H2,1H3,(H,14,18)(H,16,17). The average Bonchev–Trinajstić information content (AvgIpc) is 3.05. The highest BCUT2D eigenvalue weighted by Gasteiger charge is 2.48. The van der Waals surface area contributed by atoms with Gasteiger partial charge >= 0.3 is 12.0 Å². The Labute approximate surface area is 108 Å². The zero-order valence-corrected chi connectivity index (χ0v) is 10.9.